The van der Waals surface area contributed by atoms with Crippen LogP contribution >= 0.6 is 0 Å². The van der Waals surface area contributed by atoms with Crippen LogP contribution in [0.15, 0.2) is 42.5 Å². The SMILES string of the molecule is O=C(COc1ccccc1)N1CCN(c2ccc(N3CCN(CCO)CC3)nn2)CC1. The van der Waals surface area contributed by atoms with E-state index in [2.05, 4.69) is 24.9 Å². The van der Waals surface area contributed by atoms with Gasteiger partial charge in [0.15, 0.2) is 18.2 Å². The number of nitrogens with zero attached hydrogens (tertiary/aromatic N) is 6. The Bertz CT molecular complexity index is 819. The highest BCUT2D eigenvalue weighted by Crippen LogP contribution is 2.18. The number of amides is 1. The minimum Gasteiger partial charge on any atom is -0.484 e. The van der Waals surface area contributed by atoms with Crippen molar-refractivity contribution in [1.82, 2.24) is 20.0 Å². The van der Waals surface area contributed by atoms with E-state index in [-0.39, 0.29) is 19.1 Å². The highest BCUT2D eigenvalue weighted by molar-refractivity contribution is 5.78. The minimum absolute atomic E-state index is 0.00488. The number of rotatable bonds is 7. The van der Waals surface area contributed by atoms with Crippen molar-refractivity contribution >= 4 is 17.5 Å². The van der Waals surface area contributed by atoms with Crippen molar-refractivity contribution in [2.24, 2.45) is 0 Å². The monoisotopic (exact) mass is 426 g/mol. The van der Waals surface area contributed by atoms with E-state index < -0.39 is 0 Å². The van der Waals surface area contributed by atoms with Crippen LogP contribution in [-0.2, 0) is 4.79 Å². The Morgan fingerprint density at radius 2 is 1.42 bits per heavy atom. The summed E-state index contributed by atoms with van der Waals surface area (Å²) in [5, 5.41) is 17.9. The molecule has 9 nitrogen and oxygen atoms in total. The Morgan fingerprint density at radius 1 is 0.839 bits per heavy atom. The quantitative estimate of drug-likeness (QED) is 0.678. The lowest BCUT2D eigenvalue weighted by molar-refractivity contribution is -0.133. The molecule has 0 aliphatic carbocycles. The third-order valence-electron chi connectivity index (χ3n) is 5.81. The van der Waals surface area contributed by atoms with E-state index in [0.717, 1.165) is 57.4 Å². The molecule has 0 bridgehead atoms. The highest BCUT2D eigenvalue weighted by atomic mass is 16.5. The molecule has 2 aliphatic rings. The third kappa shape index (κ3) is 5.62. The fraction of sp³-hybridized carbons (Fsp3) is 0.500. The predicted molar refractivity (Wildman–Crippen MR) is 119 cm³/mol. The fourth-order valence-electron chi connectivity index (χ4n) is 3.94. The lowest BCUT2D eigenvalue weighted by Crippen LogP contribution is -2.50. The summed E-state index contributed by atoms with van der Waals surface area (Å²) < 4.78 is 5.58. The van der Waals surface area contributed by atoms with Gasteiger partial charge in [-0.05, 0) is 24.3 Å². The number of β-amino-alcohol motifs (C(OH)–C–C–N with tert-alkyl or cyclic N) is 1. The summed E-state index contributed by atoms with van der Waals surface area (Å²) in [7, 11) is 0. The van der Waals surface area contributed by atoms with Gasteiger partial charge in [-0.2, -0.15) is 0 Å². The van der Waals surface area contributed by atoms with Gasteiger partial charge in [0.05, 0.1) is 6.61 Å². The van der Waals surface area contributed by atoms with Crippen LogP contribution < -0.4 is 14.5 Å². The molecular weight excluding hydrogens is 396 g/mol. The van der Waals surface area contributed by atoms with E-state index in [1.807, 2.05) is 47.4 Å². The van der Waals surface area contributed by atoms with Crippen molar-refractivity contribution in [3.63, 3.8) is 0 Å². The summed E-state index contributed by atoms with van der Waals surface area (Å²) in [6, 6.07) is 13.4. The smallest absolute Gasteiger partial charge is 0.260 e. The molecule has 2 aromatic rings. The third-order valence-corrected chi connectivity index (χ3v) is 5.81. The van der Waals surface area contributed by atoms with Crippen LogP contribution in [0.3, 0.4) is 0 Å². The molecule has 1 aromatic carbocycles. The average molecular weight is 427 g/mol. The van der Waals surface area contributed by atoms with Gasteiger partial charge >= 0.3 is 0 Å². The average Bonchev–Trinajstić information content (AvgIpc) is 2.84. The Kier molecular flexibility index (Phi) is 7.16. The molecule has 0 saturated carbocycles. The maximum atomic E-state index is 12.4. The molecule has 0 radical (unpaired) electrons. The standard InChI is InChI=1S/C22H30N6O3/c29-17-16-25-8-10-26(11-9-25)20-6-7-21(24-23-20)27-12-14-28(15-13-27)22(30)18-31-19-4-2-1-3-5-19/h1-7,29H,8-18H2. The van der Waals surface area contributed by atoms with Gasteiger partial charge in [0, 0.05) is 58.9 Å². The number of para-hydroxylation sites is 1. The zero-order valence-electron chi connectivity index (χ0n) is 17.8. The van der Waals surface area contributed by atoms with Gasteiger partial charge in [0.2, 0.25) is 0 Å². The molecule has 1 amide bonds. The molecule has 31 heavy (non-hydrogen) atoms. The normalized spacial score (nSPS) is 17.6. The first-order valence-corrected chi connectivity index (χ1v) is 10.9. The zero-order valence-corrected chi connectivity index (χ0v) is 17.8. The van der Waals surface area contributed by atoms with Gasteiger partial charge in [0.25, 0.3) is 5.91 Å². The zero-order chi connectivity index (χ0) is 21.5. The fourth-order valence-corrected chi connectivity index (χ4v) is 3.94. The van der Waals surface area contributed by atoms with E-state index in [4.69, 9.17) is 9.84 Å². The van der Waals surface area contributed by atoms with Gasteiger partial charge in [-0.1, -0.05) is 18.2 Å². The number of piperazine rings is 2. The number of carbonyl (C=O) groups is 1. The largest absolute Gasteiger partial charge is 0.484 e. The van der Waals surface area contributed by atoms with Gasteiger partial charge < -0.3 is 24.5 Å². The molecule has 1 aromatic heterocycles. The summed E-state index contributed by atoms with van der Waals surface area (Å²) in [5.41, 5.74) is 0. The number of aromatic nitrogens is 2. The molecule has 2 aliphatic heterocycles. The Hall–Kier alpha value is -2.91. The van der Waals surface area contributed by atoms with Crippen LogP contribution in [0.4, 0.5) is 11.6 Å². The van der Waals surface area contributed by atoms with Crippen molar-refractivity contribution in [3.8, 4) is 5.75 Å². The molecule has 1 N–H and O–H groups in total. The molecular formula is C22H30N6O3. The van der Waals surface area contributed by atoms with Gasteiger partial charge in [-0.25, -0.2) is 0 Å². The first-order chi connectivity index (χ1) is 15.2. The second-order valence-corrected chi connectivity index (χ2v) is 7.77. The van der Waals surface area contributed by atoms with Crippen molar-refractivity contribution in [1.29, 1.82) is 0 Å². The van der Waals surface area contributed by atoms with Crippen molar-refractivity contribution < 1.29 is 14.6 Å². The number of ether oxygens (including phenoxy) is 1. The maximum absolute atomic E-state index is 12.4. The summed E-state index contributed by atoms with van der Waals surface area (Å²) in [5.74, 6) is 2.44. The molecule has 2 fully saturated rings. The van der Waals surface area contributed by atoms with Crippen LogP contribution in [0, 0.1) is 0 Å². The van der Waals surface area contributed by atoms with Crippen molar-refractivity contribution in [2.75, 3.05) is 81.9 Å². The Morgan fingerprint density at radius 3 is 1.97 bits per heavy atom. The number of hydrogen-bond acceptors (Lipinski definition) is 8. The number of carbonyl (C=O) groups excluding carboxylic acids is 1. The van der Waals surface area contributed by atoms with E-state index in [9.17, 15) is 4.79 Å². The Labute approximate surface area is 182 Å². The molecule has 0 spiro atoms. The summed E-state index contributed by atoms with van der Waals surface area (Å²) in [4.78, 5) is 20.9. The maximum Gasteiger partial charge on any atom is 0.260 e. The molecule has 4 rings (SSSR count). The number of aliphatic hydroxyl groups is 1. The predicted octanol–water partition coefficient (Wildman–Crippen LogP) is 0.319. The first-order valence-electron chi connectivity index (χ1n) is 10.9. The number of anilines is 2. The summed E-state index contributed by atoms with van der Waals surface area (Å²) >= 11 is 0. The lowest BCUT2D eigenvalue weighted by atomic mass is 10.3. The second-order valence-electron chi connectivity index (χ2n) is 7.77. The van der Waals surface area contributed by atoms with Crippen LogP contribution in [0.25, 0.3) is 0 Å². The Balaban J connectivity index is 1.23. The van der Waals surface area contributed by atoms with Crippen LogP contribution in [0.5, 0.6) is 5.75 Å². The topological polar surface area (TPSA) is 85.3 Å². The van der Waals surface area contributed by atoms with Gasteiger partial charge in [-0.15, -0.1) is 10.2 Å². The molecule has 166 valence electrons. The van der Waals surface area contributed by atoms with E-state index in [1.54, 1.807) is 0 Å². The molecule has 0 unspecified atom stereocenters. The van der Waals surface area contributed by atoms with Gasteiger partial charge in [0.1, 0.15) is 5.75 Å². The molecule has 9 heteroatoms. The molecule has 3 heterocycles. The number of hydrogen-bond donors (Lipinski definition) is 1. The highest BCUT2D eigenvalue weighted by Gasteiger charge is 2.23. The molecule has 2 saturated heterocycles. The van der Waals surface area contributed by atoms with Crippen LogP contribution in [-0.4, -0.2) is 103 Å². The minimum atomic E-state index is 0.00488. The first kappa shape index (κ1) is 21.3. The number of aliphatic hydroxyl groups excluding tert-OH is 1. The van der Waals surface area contributed by atoms with Crippen molar-refractivity contribution in [2.45, 2.75) is 0 Å². The van der Waals surface area contributed by atoms with E-state index in [0.29, 0.717) is 18.8 Å². The van der Waals surface area contributed by atoms with E-state index >= 15 is 0 Å². The van der Waals surface area contributed by atoms with Gasteiger partial charge in [-0.3, -0.25) is 9.69 Å². The van der Waals surface area contributed by atoms with Crippen LogP contribution in [0.2, 0.25) is 0 Å². The second kappa shape index (κ2) is 10.4. The number of benzene rings is 1. The van der Waals surface area contributed by atoms with E-state index in [1.165, 1.54) is 0 Å². The summed E-state index contributed by atoms with van der Waals surface area (Å²) in [6.45, 7) is 7.36. The van der Waals surface area contributed by atoms with Crippen LogP contribution in [0.1, 0.15) is 0 Å². The lowest BCUT2D eigenvalue weighted by Gasteiger charge is -2.36. The summed E-state index contributed by atoms with van der Waals surface area (Å²) in [6.07, 6.45) is 0. The van der Waals surface area contributed by atoms with Crippen molar-refractivity contribution in [3.05, 3.63) is 42.5 Å². The molecule has 0 atom stereocenters.